The first-order chi connectivity index (χ1) is 66.8. The largest absolute Gasteiger partial charge is 0.410 e. The first-order valence-corrected chi connectivity index (χ1v) is 85.1. The van der Waals surface area contributed by atoms with E-state index in [0.717, 1.165) is 187 Å². The minimum Gasteiger partial charge on any atom is -0.340 e. The Bertz CT molecular complexity index is 3270. The van der Waals surface area contributed by atoms with Gasteiger partial charge in [-0.2, -0.15) is 0 Å². The van der Waals surface area contributed by atoms with Gasteiger partial charge in [-0.05, 0) is 488 Å². The summed E-state index contributed by atoms with van der Waals surface area (Å²) < 4.78 is 9.60. The molecule has 31 heteroatoms. The third-order valence-electron chi connectivity index (χ3n) is 39.5. The van der Waals surface area contributed by atoms with E-state index < -0.39 is 0 Å². The van der Waals surface area contributed by atoms with Gasteiger partial charge < -0.3 is 18.7 Å². The van der Waals surface area contributed by atoms with Crippen LogP contribution in [0.3, 0.4) is 0 Å². The minimum absolute atomic E-state index is 0. The molecule has 32 atom stereocenters. The number of hydrogen-bond acceptors (Lipinski definition) is 5. The molecule has 0 aromatic heterocycles. The second-order valence-electron chi connectivity index (χ2n) is 51.0. The fraction of sp³-hybridized carbons (Fsp3) is 0.932. The topological polar surface area (TPSA) is 22.2 Å². The third kappa shape index (κ3) is 42.2. The van der Waals surface area contributed by atoms with Gasteiger partial charge in [-0.3, -0.25) is 4.35 Å². The van der Waals surface area contributed by atoms with Crippen molar-refractivity contribution < 1.29 is 143 Å². The molecule has 16 aliphatic rings. The van der Waals surface area contributed by atoms with Crippen LogP contribution in [-0.2, 0) is 143 Å². The average Bonchev–Trinajstić information content (AvgIpc) is 1.63. The summed E-state index contributed by atoms with van der Waals surface area (Å²) in [6, 6.07) is 9.79. The summed E-state index contributed by atoms with van der Waals surface area (Å²) in [5.41, 5.74) is 31.8. The quantitative estimate of drug-likeness (QED) is 0.0717. The summed E-state index contributed by atoms with van der Waals surface area (Å²) in [4.78, 5) is 7.51. The van der Waals surface area contributed by atoms with Gasteiger partial charge in [0.15, 0.2) is 0 Å². The molecule has 16 saturated heterocycles. The maximum Gasteiger partial charge on any atom is 0.410 e. The summed E-state index contributed by atoms with van der Waals surface area (Å²) >= 11 is 0. The Labute approximate surface area is 1040 Å². The zero-order valence-corrected chi connectivity index (χ0v) is 128. The fourth-order valence-electron chi connectivity index (χ4n) is 30.1. The van der Waals surface area contributed by atoms with Gasteiger partial charge in [0, 0.05) is 178 Å². The van der Waals surface area contributed by atoms with Crippen LogP contribution in [0.2, 0.25) is 0 Å². The second-order valence-corrected chi connectivity index (χ2v) is 102. The summed E-state index contributed by atoms with van der Waals surface area (Å²) in [6.45, 7) is 84.3. The van der Waals surface area contributed by atoms with Crippen LogP contribution in [0, 0.1) is 0 Å². The van der Waals surface area contributed by atoms with Crippen LogP contribution in [0.15, 0.2) is 35.9 Å². The van der Waals surface area contributed by atoms with Crippen molar-refractivity contribution in [1.29, 1.82) is 0 Å². The van der Waals surface area contributed by atoms with Crippen molar-refractivity contribution in [2.24, 2.45) is 0 Å². The molecule has 16 heterocycles. The molecular weight excluding hydrogens is 2420 g/mol. The van der Waals surface area contributed by atoms with Gasteiger partial charge in [0.2, 0.25) is 0 Å². The zero-order chi connectivity index (χ0) is 104. The van der Waals surface area contributed by atoms with E-state index in [9.17, 15) is 0 Å². The standard InChI is InChI=1S/C22H36P2.C16H36BN3P2.C14H30BNP2.C14H26P2.C14H28P2.2C13H26P2.C12H24OP2.8Cr/c1-5-17-13-14-18(6-2)23(17)21-11-9-10-12-22(21)24-19(7-3)15-16-20(24)8-4;1-13-9-10-14(2)21(13)20(17(18(5)6)19(7)8)22-15(3)11-12-16(22)4;1-11-7-8-12(2)17(11)15(16(5)6)18-13(3)9-10-14(18)4;1-10-6-7-11(2)15(10)14(5)16-12(3)8-9-13(16)4;1-11-5-6-12(2)15(11)9-10-16-13(3)7-8-14(16)4;2*1-10-5-6-11(2)14(10)9-15-12(3)7-8-13(15)4;1-9-5-6-10(2)14(9)13-15-11(3)7-8-12(15)4;;;;;;;;/h9-12,17-20H,5-8,13-16H2,1-4H3;13-16H,9-12H2,1-8H3;11-14H,7-10H2,1-6H3;10-13H,5-9H2,1-4H3;11-14H,5-10H2,1-4H3;2*10-13H,5-9H2,1-4H3;9-12H,5-8H2,1-4H3;;;;;;;;/t17-,18-,19-,20-;13-,14-,15-,16-;11-,12-,13-,14-;10-,11-,12-,13-;11-,12-,13-,14-;2*10-,11-,12-,13-;9-,10-,11-,12-;;;;;;;;/m11111111......../s1. The summed E-state index contributed by atoms with van der Waals surface area (Å²) in [5, 5.41) is 5.42. The average molecular weight is 2660 g/mol. The number of hydrogen-bond donors (Lipinski definition) is 0. The second kappa shape index (κ2) is 76.3. The van der Waals surface area contributed by atoms with Crippen LogP contribution >= 0.6 is 127 Å². The molecule has 0 unspecified atom stereocenters. The molecule has 16 fully saturated rings. The van der Waals surface area contributed by atoms with Crippen LogP contribution in [-0.4, -0.2) is 280 Å². The van der Waals surface area contributed by atoms with E-state index in [1.54, 1.807) is 29.2 Å². The summed E-state index contributed by atoms with van der Waals surface area (Å²) in [5.74, 6) is 3.32. The van der Waals surface area contributed by atoms with Crippen LogP contribution < -0.4 is 10.6 Å². The molecule has 0 spiro atoms. The van der Waals surface area contributed by atoms with Crippen LogP contribution in [0.25, 0.3) is 0 Å². The molecule has 0 radical (unpaired) electrons. The smallest absolute Gasteiger partial charge is 0.340 e. The molecule has 0 amide bonds. The molecule has 0 N–H and O–H groups in total. The first-order valence-electron chi connectivity index (χ1n) is 60.4. The van der Waals surface area contributed by atoms with Crippen molar-refractivity contribution in [2.75, 3.05) is 66.4 Å². The molecule has 1 aromatic rings. The molecule has 5 nitrogen and oxygen atoms in total. The zero-order valence-electron chi connectivity index (χ0n) is 103. The van der Waals surface area contributed by atoms with Crippen molar-refractivity contribution in [2.45, 2.75) is 634 Å². The van der Waals surface area contributed by atoms with Crippen LogP contribution in [0.5, 0.6) is 0 Å². The first kappa shape index (κ1) is 155. The maximum atomic E-state index is 6.55. The van der Waals surface area contributed by atoms with E-state index in [1.807, 2.05) is 10.6 Å². The van der Waals surface area contributed by atoms with Crippen molar-refractivity contribution in [1.82, 2.24) is 18.8 Å². The van der Waals surface area contributed by atoms with Gasteiger partial charge in [0.05, 0.1) is 0 Å². The summed E-state index contributed by atoms with van der Waals surface area (Å²) in [6.07, 6.45) is 57.1. The van der Waals surface area contributed by atoms with Gasteiger partial charge in [-0.25, -0.2) is 0 Å². The van der Waals surface area contributed by atoms with Crippen molar-refractivity contribution in [3.8, 4) is 0 Å². The Morgan fingerprint density at radius 2 is 0.443 bits per heavy atom. The molecule has 16 aliphatic heterocycles. The Morgan fingerprint density at radius 1 is 0.255 bits per heavy atom. The predicted octanol–water partition coefficient (Wildman–Crippen LogP) is 41.2. The van der Waals surface area contributed by atoms with E-state index in [-0.39, 0.29) is 219 Å². The summed E-state index contributed by atoms with van der Waals surface area (Å²) in [7, 11) is 17.2. The molecule has 1 aromatic carbocycles. The molecule has 864 valence electrons. The monoisotopic (exact) mass is 2650 g/mol. The minimum atomic E-state index is -0.103. The molecule has 0 bridgehead atoms. The van der Waals surface area contributed by atoms with E-state index in [4.69, 9.17) is 4.31 Å². The Kier molecular flexibility index (Phi) is 79.4. The number of benzene rings is 1. The van der Waals surface area contributed by atoms with Crippen LogP contribution in [0.1, 0.15) is 453 Å². The van der Waals surface area contributed by atoms with Gasteiger partial charge in [-0.15, -0.1) is 31.4 Å². The van der Waals surface area contributed by atoms with E-state index in [1.165, 1.54) is 231 Å². The van der Waals surface area contributed by atoms with Gasteiger partial charge in [0.25, 0.3) is 6.29 Å². The molecule has 0 saturated carbocycles. The van der Waals surface area contributed by atoms with E-state index >= 15 is 0 Å². The van der Waals surface area contributed by atoms with Crippen LogP contribution in [0.4, 0.5) is 0 Å². The van der Waals surface area contributed by atoms with Crippen molar-refractivity contribution in [3.63, 3.8) is 0 Å². The third-order valence-corrected chi connectivity index (χ3v) is 100. The van der Waals surface area contributed by atoms with Crippen molar-refractivity contribution in [3.05, 3.63) is 35.9 Å². The fourth-order valence-corrected chi connectivity index (χ4v) is 100.0. The molecule has 149 heavy (non-hydrogen) atoms. The van der Waals surface area contributed by atoms with Gasteiger partial charge >= 0.3 is 7.12 Å². The Hall–Kier alpha value is 10.0. The predicted molar refractivity (Wildman–Crippen MR) is 690 cm³/mol. The Balaban J connectivity index is 0.000000574. The van der Waals surface area contributed by atoms with E-state index in [0.29, 0.717) is 54.6 Å². The molecular formula is C118H232B2Cr8N4OP16. The number of rotatable bonds is 25. The van der Waals surface area contributed by atoms with Gasteiger partial charge in [-0.1, -0.05) is 316 Å². The van der Waals surface area contributed by atoms with Crippen molar-refractivity contribution >= 4 is 151 Å². The normalized spacial score (nSPS) is 37.2. The van der Waals surface area contributed by atoms with Gasteiger partial charge in [0.1, 0.15) is 0 Å². The van der Waals surface area contributed by atoms with E-state index in [2.05, 4.69) is 313 Å². The SMILES string of the molecule is C=C(P1[C@H](C)CC[C@H]1C)P1[C@H](C)CC[C@H]1C.CC[C@@H]1CC[C@@H](CC)P1c1ccccc1P1[C@H](CC)CC[C@H]1CC.C[C@@H]1CC[C@@H](C)P1B(N(C)C)P1[C@H](C)CC[C@H]1C.C[C@@H]1CC[C@@H](C)P1CCP1[C@H](C)CC[C@H]1C.C[C@@H]1CC[C@@H](C)P1CP1[C@H](C)CC[C@H]1C.C[C@@H]1CC[C@@H](C)P1CP1[C@H](C)CC[C@H]1C.C[C@@H]1CC[C@@H](C)P1N(B(N(C)C)N(C)C)P1[C@H](C)CC[C@H]1C.C[C@@H]1CC[C@@H](C)P1OP1[C@H](C)CC[C@H]1C.[Cr].[Cr].[Cr].[Cr].[Cr].[Cr].[Cr].[Cr]. The molecule has 17 rings (SSSR count). The Morgan fingerprint density at radius 3 is 0.644 bits per heavy atom. The maximum absolute atomic E-state index is 6.55. The number of nitrogens with zero attached hydrogens (tertiary/aromatic N) is 4. The molecule has 0 aliphatic carbocycles.